The van der Waals surface area contributed by atoms with Crippen LogP contribution in [-0.2, 0) is 4.79 Å². The highest BCUT2D eigenvalue weighted by Gasteiger charge is 2.28. The largest absolute Gasteiger partial charge is 0.368 e. The maximum absolute atomic E-state index is 12.2. The van der Waals surface area contributed by atoms with E-state index in [9.17, 15) is 9.59 Å². The second kappa shape index (κ2) is 6.47. The number of ketones is 1. The van der Waals surface area contributed by atoms with Crippen molar-refractivity contribution in [2.24, 2.45) is 5.73 Å². The molecule has 0 spiro atoms. The van der Waals surface area contributed by atoms with Crippen molar-refractivity contribution >= 4 is 34.3 Å². The number of hydrogen-bond acceptors (Lipinski definition) is 3. The Hall–Kier alpha value is -0.950. The van der Waals surface area contributed by atoms with E-state index in [2.05, 4.69) is 22.6 Å². The van der Waals surface area contributed by atoms with Crippen molar-refractivity contribution in [2.75, 3.05) is 13.1 Å². The van der Waals surface area contributed by atoms with Crippen molar-refractivity contribution < 1.29 is 9.59 Å². The number of primary amides is 1. The molecule has 1 aromatic carbocycles. The van der Waals surface area contributed by atoms with Crippen LogP contribution in [0.2, 0.25) is 0 Å². The van der Waals surface area contributed by atoms with Gasteiger partial charge in [-0.1, -0.05) is 18.6 Å². The minimum absolute atomic E-state index is 0.0459. The number of hydrogen-bond donors (Lipinski definition) is 1. The average molecular weight is 372 g/mol. The number of nitrogens with two attached hydrogens (primary N) is 1. The highest BCUT2D eigenvalue weighted by molar-refractivity contribution is 14.1. The van der Waals surface area contributed by atoms with Crippen LogP contribution in [0.25, 0.3) is 0 Å². The van der Waals surface area contributed by atoms with Gasteiger partial charge in [-0.3, -0.25) is 14.5 Å². The third kappa shape index (κ3) is 3.76. The number of nitrogens with zero attached hydrogens (tertiary/aromatic N) is 1. The Balaban J connectivity index is 2.04. The molecular formula is C14H17IN2O2. The molecule has 1 saturated heterocycles. The first-order valence-electron chi connectivity index (χ1n) is 6.40. The Bertz CT molecular complexity index is 473. The topological polar surface area (TPSA) is 63.4 Å². The Kier molecular flexibility index (Phi) is 4.93. The third-order valence-electron chi connectivity index (χ3n) is 3.45. The molecule has 19 heavy (non-hydrogen) atoms. The summed E-state index contributed by atoms with van der Waals surface area (Å²) in [6.07, 6.45) is 2.78. The highest BCUT2D eigenvalue weighted by atomic mass is 127. The van der Waals surface area contributed by atoms with E-state index in [1.807, 2.05) is 29.2 Å². The van der Waals surface area contributed by atoms with Gasteiger partial charge in [0.25, 0.3) is 0 Å². The summed E-state index contributed by atoms with van der Waals surface area (Å²) >= 11 is 2.20. The van der Waals surface area contributed by atoms with Gasteiger partial charge in [-0.25, -0.2) is 0 Å². The summed E-state index contributed by atoms with van der Waals surface area (Å²) in [6.45, 7) is 1.04. The van der Waals surface area contributed by atoms with E-state index < -0.39 is 0 Å². The molecule has 0 aliphatic carbocycles. The summed E-state index contributed by atoms with van der Waals surface area (Å²) in [5.41, 5.74) is 6.09. The molecule has 102 valence electrons. The molecule has 1 aromatic rings. The zero-order valence-corrected chi connectivity index (χ0v) is 12.8. The van der Waals surface area contributed by atoms with E-state index in [1.165, 1.54) is 0 Å². The maximum Gasteiger partial charge on any atom is 0.234 e. The van der Waals surface area contributed by atoms with Crippen LogP contribution in [0.4, 0.5) is 0 Å². The molecule has 0 radical (unpaired) electrons. The summed E-state index contributed by atoms with van der Waals surface area (Å²) in [4.78, 5) is 25.5. The predicted molar refractivity (Wildman–Crippen MR) is 81.9 cm³/mol. The lowest BCUT2D eigenvalue weighted by Crippen LogP contribution is -2.49. The van der Waals surface area contributed by atoms with Gasteiger partial charge in [-0.05, 0) is 54.1 Å². The Morgan fingerprint density at radius 3 is 2.58 bits per heavy atom. The van der Waals surface area contributed by atoms with E-state index in [0.29, 0.717) is 5.56 Å². The van der Waals surface area contributed by atoms with Crippen molar-refractivity contribution in [2.45, 2.75) is 25.3 Å². The van der Waals surface area contributed by atoms with E-state index in [1.54, 1.807) is 0 Å². The van der Waals surface area contributed by atoms with Crippen LogP contribution in [-0.4, -0.2) is 35.7 Å². The first kappa shape index (κ1) is 14.5. The minimum Gasteiger partial charge on any atom is -0.368 e. The van der Waals surface area contributed by atoms with E-state index in [0.717, 1.165) is 29.4 Å². The molecule has 1 aliphatic rings. The molecule has 1 atom stereocenters. The standard InChI is InChI=1S/C14H17IN2O2/c15-11-6-4-10(5-7-11)13(18)9-17-8-2-1-3-12(17)14(16)19/h4-7,12H,1-3,8-9H2,(H2,16,19). The van der Waals surface area contributed by atoms with E-state index >= 15 is 0 Å². The van der Waals surface area contributed by atoms with E-state index in [4.69, 9.17) is 5.73 Å². The zero-order chi connectivity index (χ0) is 13.8. The lowest BCUT2D eigenvalue weighted by molar-refractivity contribution is -0.124. The van der Waals surface area contributed by atoms with Crippen LogP contribution >= 0.6 is 22.6 Å². The van der Waals surface area contributed by atoms with Gasteiger partial charge in [0, 0.05) is 9.13 Å². The Morgan fingerprint density at radius 1 is 1.26 bits per heavy atom. The smallest absolute Gasteiger partial charge is 0.234 e. The third-order valence-corrected chi connectivity index (χ3v) is 4.17. The zero-order valence-electron chi connectivity index (χ0n) is 10.6. The fourth-order valence-corrected chi connectivity index (χ4v) is 2.77. The van der Waals surface area contributed by atoms with Gasteiger partial charge in [0.05, 0.1) is 12.6 Å². The number of benzene rings is 1. The fraction of sp³-hybridized carbons (Fsp3) is 0.429. The van der Waals surface area contributed by atoms with Crippen LogP contribution < -0.4 is 5.73 Å². The Labute approximate surface area is 126 Å². The average Bonchev–Trinajstić information content (AvgIpc) is 2.39. The molecule has 4 nitrogen and oxygen atoms in total. The summed E-state index contributed by atoms with van der Waals surface area (Å²) in [7, 11) is 0. The fourth-order valence-electron chi connectivity index (χ4n) is 2.41. The number of piperidine rings is 1. The number of Topliss-reactive ketones (excluding diaryl/α,β-unsaturated/α-hetero) is 1. The molecule has 1 aliphatic heterocycles. The van der Waals surface area contributed by atoms with Crippen LogP contribution in [0.1, 0.15) is 29.6 Å². The quantitative estimate of drug-likeness (QED) is 0.648. The van der Waals surface area contributed by atoms with Gasteiger partial charge in [0.1, 0.15) is 0 Å². The maximum atomic E-state index is 12.2. The molecular weight excluding hydrogens is 355 g/mol. The number of carbonyl (C=O) groups is 2. The van der Waals surface area contributed by atoms with Gasteiger partial charge < -0.3 is 5.73 Å². The van der Waals surface area contributed by atoms with Crippen LogP contribution in [0.5, 0.6) is 0 Å². The molecule has 1 amide bonds. The SMILES string of the molecule is NC(=O)C1CCCCN1CC(=O)c1ccc(I)cc1. The van der Waals surface area contributed by atoms with Gasteiger partial charge in [-0.15, -0.1) is 0 Å². The van der Waals surface area contributed by atoms with Crippen molar-refractivity contribution in [3.05, 3.63) is 33.4 Å². The second-order valence-corrected chi connectivity index (χ2v) is 6.06. The van der Waals surface area contributed by atoms with Gasteiger partial charge >= 0.3 is 0 Å². The van der Waals surface area contributed by atoms with E-state index in [-0.39, 0.29) is 24.3 Å². The molecule has 0 saturated carbocycles. The van der Waals surface area contributed by atoms with Crippen molar-refractivity contribution in [3.63, 3.8) is 0 Å². The van der Waals surface area contributed by atoms with Crippen LogP contribution in [0.15, 0.2) is 24.3 Å². The first-order chi connectivity index (χ1) is 9.08. The molecule has 1 fully saturated rings. The number of carbonyl (C=O) groups excluding carboxylic acids is 2. The second-order valence-electron chi connectivity index (χ2n) is 4.81. The normalized spacial score (nSPS) is 20.2. The van der Waals surface area contributed by atoms with Crippen molar-refractivity contribution in [1.82, 2.24) is 4.90 Å². The molecule has 2 rings (SSSR count). The number of halogens is 1. The van der Waals surface area contributed by atoms with Gasteiger partial charge in [0.15, 0.2) is 5.78 Å². The molecule has 1 heterocycles. The summed E-state index contributed by atoms with van der Waals surface area (Å²) in [5, 5.41) is 0. The lowest BCUT2D eigenvalue weighted by Gasteiger charge is -2.32. The summed E-state index contributed by atoms with van der Waals surface area (Å²) < 4.78 is 1.10. The summed E-state index contributed by atoms with van der Waals surface area (Å²) in [6, 6.07) is 7.19. The Morgan fingerprint density at radius 2 is 1.95 bits per heavy atom. The highest BCUT2D eigenvalue weighted by Crippen LogP contribution is 2.17. The van der Waals surface area contributed by atoms with Gasteiger partial charge in [0.2, 0.25) is 5.91 Å². The predicted octanol–water partition coefficient (Wildman–Crippen LogP) is 1.81. The van der Waals surface area contributed by atoms with Gasteiger partial charge in [-0.2, -0.15) is 0 Å². The number of rotatable bonds is 4. The molecule has 2 N–H and O–H groups in total. The van der Waals surface area contributed by atoms with Crippen molar-refractivity contribution in [3.8, 4) is 0 Å². The lowest BCUT2D eigenvalue weighted by atomic mass is 10.0. The van der Waals surface area contributed by atoms with Crippen LogP contribution in [0.3, 0.4) is 0 Å². The first-order valence-corrected chi connectivity index (χ1v) is 7.48. The number of likely N-dealkylation sites (tertiary alicyclic amines) is 1. The molecule has 1 unspecified atom stereocenters. The number of amides is 1. The molecule has 0 bridgehead atoms. The van der Waals surface area contributed by atoms with Crippen molar-refractivity contribution in [1.29, 1.82) is 0 Å². The minimum atomic E-state index is -0.324. The summed E-state index contributed by atoms with van der Waals surface area (Å²) in [5.74, 6) is -0.278. The van der Waals surface area contributed by atoms with Crippen LogP contribution in [0, 0.1) is 3.57 Å². The monoisotopic (exact) mass is 372 g/mol. The molecule has 5 heteroatoms. The molecule has 0 aromatic heterocycles.